The molecule has 26 heavy (non-hydrogen) atoms. The van der Waals surface area contributed by atoms with Crippen molar-refractivity contribution >= 4 is 11.6 Å². The van der Waals surface area contributed by atoms with Crippen LogP contribution in [0.4, 0.5) is 10.2 Å². The SMILES string of the molecule is COc1ccc(CCNc2c(C(C)=O)nnn2-c2ccc(F)cc2)cc1. The molecule has 0 aliphatic rings. The van der Waals surface area contributed by atoms with Crippen LogP contribution in [0.3, 0.4) is 0 Å². The summed E-state index contributed by atoms with van der Waals surface area (Å²) in [5, 5.41) is 11.2. The first kappa shape index (κ1) is 17.6. The normalized spacial score (nSPS) is 10.6. The van der Waals surface area contributed by atoms with Gasteiger partial charge in [0.05, 0.1) is 12.8 Å². The van der Waals surface area contributed by atoms with Crippen molar-refractivity contribution in [2.24, 2.45) is 0 Å². The lowest BCUT2D eigenvalue weighted by Gasteiger charge is -2.10. The van der Waals surface area contributed by atoms with Gasteiger partial charge in [-0.1, -0.05) is 17.3 Å². The van der Waals surface area contributed by atoms with Gasteiger partial charge in [0, 0.05) is 13.5 Å². The highest BCUT2D eigenvalue weighted by Gasteiger charge is 2.17. The van der Waals surface area contributed by atoms with E-state index in [1.165, 1.54) is 23.7 Å². The number of hydrogen-bond donors (Lipinski definition) is 1. The van der Waals surface area contributed by atoms with Gasteiger partial charge in [0.1, 0.15) is 11.6 Å². The van der Waals surface area contributed by atoms with Crippen LogP contribution in [0.5, 0.6) is 5.75 Å². The number of methoxy groups -OCH3 is 1. The van der Waals surface area contributed by atoms with Crippen LogP contribution >= 0.6 is 0 Å². The van der Waals surface area contributed by atoms with Crippen LogP contribution in [0.1, 0.15) is 23.0 Å². The third-order valence-electron chi connectivity index (χ3n) is 3.94. The molecule has 0 saturated heterocycles. The van der Waals surface area contributed by atoms with Crippen molar-refractivity contribution in [3.63, 3.8) is 0 Å². The monoisotopic (exact) mass is 354 g/mol. The highest BCUT2D eigenvalue weighted by Crippen LogP contribution is 2.19. The largest absolute Gasteiger partial charge is 0.497 e. The Morgan fingerprint density at radius 1 is 1.15 bits per heavy atom. The Morgan fingerprint density at radius 2 is 1.85 bits per heavy atom. The van der Waals surface area contributed by atoms with Crippen molar-refractivity contribution in [1.82, 2.24) is 15.0 Å². The fourth-order valence-corrected chi connectivity index (χ4v) is 2.56. The highest BCUT2D eigenvalue weighted by molar-refractivity contribution is 5.96. The summed E-state index contributed by atoms with van der Waals surface area (Å²) in [6.45, 7) is 2.02. The molecule has 0 fully saturated rings. The number of nitrogens with zero attached hydrogens (tertiary/aromatic N) is 3. The maximum Gasteiger partial charge on any atom is 0.183 e. The van der Waals surface area contributed by atoms with E-state index in [2.05, 4.69) is 15.6 Å². The molecule has 0 amide bonds. The standard InChI is InChI=1S/C19H19FN4O2/c1-13(25)18-19(21-12-11-14-3-9-17(26-2)10-4-14)24(23-22-18)16-7-5-15(20)6-8-16/h3-10,21H,11-12H2,1-2H3. The molecular formula is C19H19FN4O2. The maximum absolute atomic E-state index is 13.2. The number of ether oxygens (including phenoxy) is 1. The molecular weight excluding hydrogens is 335 g/mol. The number of aromatic nitrogens is 3. The van der Waals surface area contributed by atoms with Crippen molar-refractivity contribution in [2.75, 3.05) is 19.0 Å². The summed E-state index contributed by atoms with van der Waals surface area (Å²) in [4.78, 5) is 11.8. The van der Waals surface area contributed by atoms with Crippen LogP contribution < -0.4 is 10.1 Å². The van der Waals surface area contributed by atoms with E-state index < -0.39 is 0 Å². The molecule has 0 unspecified atom stereocenters. The summed E-state index contributed by atoms with van der Waals surface area (Å²) in [6.07, 6.45) is 0.746. The molecule has 0 atom stereocenters. The number of nitrogens with one attached hydrogen (secondary N) is 1. The summed E-state index contributed by atoms with van der Waals surface area (Å²) in [6, 6.07) is 13.6. The first-order chi connectivity index (χ1) is 12.6. The second-order valence-electron chi connectivity index (χ2n) is 5.76. The molecule has 0 aliphatic heterocycles. The smallest absolute Gasteiger partial charge is 0.183 e. The number of carbonyl (C=O) groups excluding carboxylic acids is 1. The van der Waals surface area contributed by atoms with Gasteiger partial charge in [-0.3, -0.25) is 4.79 Å². The second kappa shape index (κ2) is 7.77. The Kier molecular flexibility index (Phi) is 5.26. The lowest BCUT2D eigenvalue weighted by Crippen LogP contribution is -2.12. The van der Waals surface area contributed by atoms with Crippen molar-refractivity contribution < 1.29 is 13.9 Å². The first-order valence-corrected chi connectivity index (χ1v) is 8.18. The Bertz CT molecular complexity index is 889. The predicted molar refractivity (Wildman–Crippen MR) is 96.5 cm³/mol. The van der Waals surface area contributed by atoms with E-state index in [1.807, 2.05) is 24.3 Å². The van der Waals surface area contributed by atoms with Gasteiger partial charge in [-0.15, -0.1) is 5.10 Å². The molecule has 7 heteroatoms. The van der Waals surface area contributed by atoms with Crippen LogP contribution in [0.2, 0.25) is 0 Å². The molecule has 3 rings (SSSR count). The number of anilines is 1. The fourth-order valence-electron chi connectivity index (χ4n) is 2.56. The topological polar surface area (TPSA) is 69.0 Å². The van der Waals surface area contributed by atoms with Crippen LogP contribution in [0, 0.1) is 5.82 Å². The second-order valence-corrected chi connectivity index (χ2v) is 5.76. The third kappa shape index (κ3) is 3.88. The van der Waals surface area contributed by atoms with E-state index in [4.69, 9.17) is 4.74 Å². The predicted octanol–water partition coefficient (Wildman–Crippen LogP) is 3.27. The van der Waals surface area contributed by atoms with Gasteiger partial charge >= 0.3 is 0 Å². The number of rotatable bonds is 7. The molecule has 1 N–H and O–H groups in total. The van der Waals surface area contributed by atoms with Crippen molar-refractivity contribution in [3.8, 4) is 11.4 Å². The van der Waals surface area contributed by atoms with E-state index in [1.54, 1.807) is 19.2 Å². The first-order valence-electron chi connectivity index (χ1n) is 8.18. The van der Waals surface area contributed by atoms with Crippen LogP contribution in [-0.2, 0) is 6.42 Å². The van der Waals surface area contributed by atoms with E-state index in [0.29, 0.717) is 18.1 Å². The number of halogens is 1. The maximum atomic E-state index is 13.2. The average Bonchev–Trinajstić information content (AvgIpc) is 3.07. The Balaban J connectivity index is 1.77. The molecule has 1 heterocycles. The number of Topliss-reactive ketones (excluding diaryl/α,β-unsaturated/α-hetero) is 1. The Morgan fingerprint density at radius 3 is 2.46 bits per heavy atom. The van der Waals surface area contributed by atoms with E-state index in [9.17, 15) is 9.18 Å². The van der Waals surface area contributed by atoms with Gasteiger partial charge in [0.25, 0.3) is 0 Å². The molecule has 3 aromatic rings. The summed E-state index contributed by atoms with van der Waals surface area (Å²) >= 11 is 0. The molecule has 0 saturated carbocycles. The molecule has 0 spiro atoms. The van der Waals surface area contributed by atoms with E-state index in [0.717, 1.165) is 17.7 Å². The fraction of sp³-hybridized carbons (Fsp3) is 0.211. The summed E-state index contributed by atoms with van der Waals surface area (Å²) < 4.78 is 19.8. The van der Waals surface area contributed by atoms with Crippen LogP contribution in [0.25, 0.3) is 5.69 Å². The molecule has 6 nitrogen and oxygen atoms in total. The number of ketones is 1. The van der Waals surface area contributed by atoms with Crippen molar-refractivity contribution in [3.05, 3.63) is 65.6 Å². The van der Waals surface area contributed by atoms with Crippen LogP contribution in [0.15, 0.2) is 48.5 Å². The van der Waals surface area contributed by atoms with Gasteiger partial charge < -0.3 is 10.1 Å². The lowest BCUT2D eigenvalue weighted by atomic mass is 10.1. The minimum atomic E-state index is -0.338. The minimum Gasteiger partial charge on any atom is -0.497 e. The average molecular weight is 354 g/mol. The van der Waals surface area contributed by atoms with Gasteiger partial charge in [0.2, 0.25) is 0 Å². The van der Waals surface area contributed by atoms with Gasteiger partial charge in [-0.25, -0.2) is 4.39 Å². The van der Waals surface area contributed by atoms with Gasteiger partial charge in [-0.2, -0.15) is 4.68 Å². The number of hydrogen-bond acceptors (Lipinski definition) is 5. The zero-order chi connectivity index (χ0) is 18.5. The number of carbonyl (C=O) groups is 1. The van der Waals surface area contributed by atoms with E-state index >= 15 is 0 Å². The zero-order valence-corrected chi connectivity index (χ0v) is 14.6. The summed E-state index contributed by atoms with van der Waals surface area (Å²) in [5.41, 5.74) is 2.01. The summed E-state index contributed by atoms with van der Waals surface area (Å²) in [7, 11) is 1.63. The molecule has 0 radical (unpaired) electrons. The van der Waals surface area contributed by atoms with Crippen LogP contribution in [-0.4, -0.2) is 34.4 Å². The van der Waals surface area contributed by atoms with Crippen molar-refractivity contribution in [2.45, 2.75) is 13.3 Å². The molecule has 1 aromatic heterocycles. The molecule has 134 valence electrons. The summed E-state index contributed by atoms with van der Waals surface area (Å²) in [5.74, 6) is 0.775. The Labute approximate surface area is 150 Å². The molecule has 0 aliphatic carbocycles. The van der Waals surface area contributed by atoms with Crippen molar-refractivity contribution in [1.29, 1.82) is 0 Å². The lowest BCUT2D eigenvalue weighted by molar-refractivity contribution is 0.101. The Hall–Kier alpha value is -3.22. The van der Waals surface area contributed by atoms with Gasteiger partial charge in [-0.05, 0) is 48.4 Å². The van der Waals surface area contributed by atoms with E-state index in [-0.39, 0.29) is 17.3 Å². The third-order valence-corrected chi connectivity index (χ3v) is 3.94. The zero-order valence-electron chi connectivity index (χ0n) is 14.6. The quantitative estimate of drug-likeness (QED) is 0.660. The molecule has 0 bridgehead atoms. The minimum absolute atomic E-state index is 0.190. The number of benzene rings is 2. The van der Waals surface area contributed by atoms with Gasteiger partial charge in [0.15, 0.2) is 17.3 Å². The highest BCUT2D eigenvalue weighted by atomic mass is 19.1. The molecule has 2 aromatic carbocycles.